The maximum absolute atomic E-state index is 5.72. The molecule has 140 valence electrons. The zero-order chi connectivity index (χ0) is 18.9. The second kappa shape index (κ2) is 9.94. The molecule has 0 radical (unpaired) electrons. The van der Waals surface area contributed by atoms with E-state index in [0.29, 0.717) is 24.0 Å². The minimum atomic E-state index is 0.542. The Kier molecular flexibility index (Phi) is 7.07. The van der Waals surface area contributed by atoms with E-state index >= 15 is 0 Å². The van der Waals surface area contributed by atoms with Crippen LogP contribution in [-0.2, 0) is 0 Å². The molecule has 0 aliphatic carbocycles. The van der Waals surface area contributed by atoms with Crippen LogP contribution in [0.15, 0.2) is 59.0 Å². The second-order valence-electron chi connectivity index (χ2n) is 5.58. The van der Waals surface area contributed by atoms with Gasteiger partial charge in [0.05, 0.1) is 25.6 Å². The van der Waals surface area contributed by atoms with Crippen molar-refractivity contribution in [3.05, 3.63) is 59.5 Å². The van der Waals surface area contributed by atoms with Crippen molar-refractivity contribution in [2.24, 2.45) is 5.10 Å². The second-order valence-corrected chi connectivity index (χ2v) is 6.81. The summed E-state index contributed by atoms with van der Waals surface area (Å²) >= 11 is 7.20. The number of methoxy groups -OCH3 is 1. The van der Waals surface area contributed by atoms with Gasteiger partial charge in [0.1, 0.15) is 0 Å². The first-order chi connectivity index (χ1) is 13.3. The lowest BCUT2D eigenvalue weighted by Gasteiger charge is -2.10. The van der Waals surface area contributed by atoms with E-state index in [1.807, 2.05) is 53.9 Å². The Morgan fingerprint density at radius 1 is 1.19 bits per heavy atom. The molecule has 1 aromatic heterocycles. The molecular formula is C20H20ClN3O2S. The molecule has 3 rings (SSSR count). The predicted octanol–water partition coefficient (Wildman–Crippen LogP) is 5.27. The molecule has 0 amide bonds. The number of hydrogen-bond acceptors (Lipinski definition) is 6. The number of anilines is 1. The Labute approximate surface area is 167 Å². The molecule has 7 heteroatoms. The lowest BCUT2D eigenvalue weighted by Crippen LogP contribution is -2.00. The van der Waals surface area contributed by atoms with E-state index in [0.717, 1.165) is 28.4 Å². The van der Waals surface area contributed by atoms with Crippen LogP contribution in [0.3, 0.4) is 0 Å². The fourth-order valence-corrected chi connectivity index (χ4v) is 3.13. The number of aromatic nitrogens is 1. The zero-order valence-corrected chi connectivity index (χ0v) is 16.5. The molecule has 2 aromatic carbocycles. The molecule has 3 aromatic rings. The van der Waals surface area contributed by atoms with Gasteiger partial charge in [0, 0.05) is 16.8 Å². The highest BCUT2D eigenvalue weighted by atomic mass is 35.5. The topological polar surface area (TPSA) is 55.7 Å². The number of hydrogen-bond donors (Lipinski definition) is 1. The van der Waals surface area contributed by atoms with Crippen molar-refractivity contribution in [3.63, 3.8) is 0 Å². The summed E-state index contributed by atoms with van der Waals surface area (Å²) in [5.74, 6) is 1.92. The lowest BCUT2D eigenvalue weighted by atomic mass is 10.2. The van der Waals surface area contributed by atoms with Crippen LogP contribution < -0.4 is 14.9 Å². The van der Waals surface area contributed by atoms with Crippen molar-refractivity contribution in [2.45, 2.75) is 6.42 Å². The van der Waals surface area contributed by atoms with Crippen molar-refractivity contribution < 1.29 is 9.47 Å². The van der Waals surface area contributed by atoms with Crippen LogP contribution in [0.4, 0.5) is 5.13 Å². The van der Waals surface area contributed by atoms with E-state index in [2.05, 4.69) is 15.5 Å². The molecule has 0 bridgehead atoms. The first kappa shape index (κ1) is 19.2. The highest BCUT2D eigenvalue weighted by Crippen LogP contribution is 2.28. The molecule has 1 heterocycles. The fraction of sp³-hybridized carbons (Fsp3) is 0.200. The molecule has 0 saturated heterocycles. The van der Waals surface area contributed by atoms with Crippen LogP contribution in [0.25, 0.3) is 11.3 Å². The number of benzene rings is 2. The van der Waals surface area contributed by atoms with Gasteiger partial charge in [-0.2, -0.15) is 5.10 Å². The number of halogens is 1. The number of nitrogens with zero attached hydrogens (tertiary/aromatic N) is 2. The Hall–Kier alpha value is -2.57. The van der Waals surface area contributed by atoms with E-state index in [9.17, 15) is 0 Å². The van der Waals surface area contributed by atoms with E-state index in [1.54, 1.807) is 13.3 Å². The van der Waals surface area contributed by atoms with E-state index in [-0.39, 0.29) is 0 Å². The molecule has 0 aliphatic heterocycles. The minimum absolute atomic E-state index is 0.542. The summed E-state index contributed by atoms with van der Waals surface area (Å²) in [6.45, 7) is 0.542. The van der Waals surface area contributed by atoms with Gasteiger partial charge in [-0.15, -0.1) is 22.9 Å². The van der Waals surface area contributed by atoms with Crippen LogP contribution in [0.2, 0.25) is 0 Å². The van der Waals surface area contributed by atoms with Gasteiger partial charge in [0.25, 0.3) is 0 Å². The van der Waals surface area contributed by atoms with Crippen molar-refractivity contribution in [2.75, 3.05) is 25.0 Å². The third kappa shape index (κ3) is 5.45. The molecule has 1 N–H and O–H groups in total. The molecule has 0 aliphatic rings. The van der Waals surface area contributed by atoms with Gasteiger partial charge in [-0.1, -0.05) is 30.3 Å². The largest absolute Gasteiger partial charge is 0.493 e. The normalized spacial score (nSPS) is 10.9. The highest BCUT2D eigenvalue weighted by Gasteiger charge is 2.06. The van der Waals surface area contributed by atoms with Gasteiger partial charge in [-0.3, -0.25) is 5.43 Å². The zero-order valence-electron chi connectivity index (χ0n) is 14.9. The Morgan fingerprint density at radius 2 is 2.04 bits per heavy atom. The Bertz CT molecular complexity index is 884. The first-order valence-electron chi connectivity index (χ1n) is 8.47. The SMILES string of the molecule is COc1ccc(C=NNc2nc(-c3ccccc3)cs2)cc1OCCCCl. The third-order valence-electron chi connectivity index (χ3n) is 3.67. The fourth-order valence-electron chi connectivity index (χ4n) is 2.35. The third-order valence-corrected chi connectivity index (χ3v) is 4.68. The first-order valence-corrected chi connectivity index (χ1v) is 9.88. The van der Waals surface area contributed by atoms with E-state index < -0.39 is 0 Å². The molecule has 0 unspecified atom stereocenters. The number of ether oxygens (including phenoxy) is 2. The van der Waals surface area contributed by atoms with E-state index in [1.165, 1.54) is 11.3 Å². The molecular weight excluding hydrogens is 382 g/mol. The highest BCUT2D eigenvalue weighted by molar-refractivity contribution is 7.14. The molecule has 5 nitrogen and oxygen atoms in total. The summed E-state index contributed by atoms with van der Waals surface area (Å²) in [6.07, 6.45) is 2.50. The molecule has 27 heavy (non-hydrogen) atoms. The summed E-state index contributed by atoms with van der Waals surface area (Å²) in [6, 6.07) is 15.7. The van der Waals surface area contributed by atoms with Gasteiger partial charge < -0.3 is 9.47 Å². The Balaban J connectivity index is 1.64. The standard InChI is InChI=1S/C20H20ClN3O2S/c1-25-18-9-8-15(12-19(18)26-11-5-10-21)13-22-24-20-23-17(14-27-20)16-6-3-2-4-7-16/h2-4,6-9,12-14H,5,10-11H2,1H3,(H,23,24). The number of thiazole rings is 1. The average Bonchev–Trinajstić information content (AvgIpc) is 3.18. The number of rotatable bonds is 9. The van der Waals surface area contributed by atoms with Gasteiger partial charge in [-0.05, 0) is 30.2 Å². The lowest BCUT2D eigenvalue weighted by molar-refractivity contribution is 0.295. The van der Waals surface area contributed by atoms with Crippen LogP contribution in [0.1, 0.15) is 12.0 Å². The van der Waals surface area contributed by atoms with Gasteiger partial charge in [0.15, 0.2) is 11.5 Å². The summed E-state index contributed by atoms with van der Waals surface area (Å²) in [7, 11) is 1.62. The summed E-state index contributed by atoms with van der Waals surface area (Å²) in [5.41, 5.74) is 5.88. The monoisotopic (exact) mass is 401 g/mol. The molecule has 0 saturated carbocycles. The quantitative estimate of drug-likeness (QED) is 0.229. The van der Waals surface area contributed by atoms with Crippen molar-refractivity contribution >= 4 is 34.3 Å². The van der Waals surface area contributed by atoms with Crippen LogP contribution in [0, 0.1) is 0 Å². The number of alkyl halides is 1. The summed E-state index contributed by atoms with van der Waals surface area (Å²) in [5, 5.41) is 7.00. The van der Waals surface area contributed by atoms with Crippen LogP contribution in [-0.4, -0.2) is 30.8 Å². The average molecular weight is 402 g/mol. The van der Waals surface area contributed by atoms with Gasteiger partial charge in [-0.25, -0.2) is 4.98 Å². The predicted molar refractivity (Wildman–Crippen MR) is 113 cm³/mol. The Morgan fingerprint density at radius 3 is 2.81 bits per heavy atom. The smallest absolute Gasteiger partial charge is 0.203 e. The summed E-state index contributed by atoms with van der Waals surface area (Å²) < 4.78 is 11.0. The summed E-state index contributed by atoms with van der Waals surface area (Å²) in [4.78, 5) is 4.54. The van der Waals surface area contributed by atoms with Crippen LogP contribution >= 0.6 is 22.9 Å². The van der Waals surface area contributed by atoms with Gasteiger partial charge in [0.2, 0.25) is 5.13 Å². The maximum atomic E-state index is 5.72. The van der Waals surface area contributed by atoms with Crippen molar-refractivity contribution in [1.29, 1.82) is 0 Å². The molecule has 0 atom stereocenters. The minimum Gasteiger partial charge on any atom is -0.493 e. The molecule has 0 spiro atoms. The van der Waals surface area contributed by atoms with Crippen molar-refractivity contribution in [3.8, 4) is 22.8 Å². The van der Waals surface area contributed by atoms with E-state index in [4.69, 9.17) is 21.1 Å². The van der Waals surface area contributed by atoms with Crippen LogP contribution in [0.5, 0.6) is 11.5 Å². The van der Waals surface area contributed by atoms with Crippen molar-refractivity contribution in [1.82, 2.24) is 4.98 Å². The molecule has 0 fully saturated rings. The number of hydrazone groups is 1. The maximum Gasteiger partial charge on any atom is 0.203 e. The van der Waals surface area contributed by atoms with Gasteiger partial charge >= 0.3 is 0 Å². The number of nitrogens with one attached hydrogen (secondary N) is 1.